The third-order valence-corrected chi connectivity index (χ3v) is 5.05. The first-order valence-electron chi connectivity index (χ1n) is 7.04. The zero-order valence-corrected chi connectivity index (χ0v) is 13.4. The van der Waals surface area contributed by atoms with E-state index in [2.05, 4.69) is 5.32 Å². The number of nitrogens with one attached hydrogen (secondary N) is 1. The molecule has 1 fully saturated rings. The van der Waals surface area contributed by atoms with E-state index in [1.165, 1.54) is 11.3 Å². The maximum atomic E-state index is 12.3. The minimum Gasteiger partial charge on any atom is -0.481 e. The number of hydrogen-bond donors (Lipinski definition) is 2. The van der Waals surface area contributed by atoms with Gasteiger partial charge in [0.15, 0.2) is 0 Å². The molecule has 2 unspecified atom stereocenters. The van der Waals surface area contributed by atoms with E-state index in [0.29, 0.717) is 17.3 Å². The summed E-state index contributed by atoms with van der Waals surface area (Å²) in [6.07, 6.45) is 2.13. The average Bonchev–Trinajstić information content (AvgIpc) is 2.91. The number of piperidine rings is 1. The van der Waals surface area contributed by atoms with Crippen LogP contribution in [-0.2, 0) is 4.79 Å². The van der Waals surface area contributed by atoms with Gasteiger partial charge in [-0.05, 0) is 31.4 Å². The van der Waals surface area contributed by atoms with Crippen LogP contribution in [0.2, 0.25) is 4.34 Å². The number of thiophene rings is 1. The van der Waals surface area contributed by atoms with Gasteiger partial charge in [0.25, 0.3) is 0 Å². The molecule has 2 amide bonds. The summed E-state index contributed by atoms with van der Waals surface area (Å²) in [5.74, 6) is -1.29. The van der Waals surface area contributed by atoms with Gasteiger partial charge in [-0.3, -0.25) is 4.79 Å². The van der Waals surface area contributed by atoms with Crippen LogP contribution < -0.4 is 5.32 Å². The normalized spacial score (nSPS) is 20.1. The molecule has 2 N–H and O–H groups in total. The van der Waals surface area contributed by atoms with E-state index in [1.807, 2.05) is 19.1 Å². The number of carbonyl (C=O) groups is 2. The summed E-state index contributed by atoms with van der Waals surface area (Å²) in [5.41, 5.74) is 0. The molecule has 116 valence electrons. The molecule has 1 aromatic rings. The van der Waals surface area contributed by atoms with E-state index in [9.17, 15) is 9.59 Å². The molecule has 0 radical (unpaired) electrons. The predicted molar refractivity (Wildman–Crippen MR) is 82.8 cm³/mol. The second-order valence-electron chi connectivity index (χ2n) is 5.18. The highest BCUT2D eigenvalue weighted by molar-refractivity contribution is 7.16. The molecule has 2 heterocycles. The van der Waals surface area contributed by atoms with Crippen LogP contribution in [0.4, 0.5) is 4.79 Å². The van der Waals surface area contributed by atoms with Crippen molar-refractivity contribution in [2.75, 3.05) is 13.1 Å². The van der Waals surface area contributed by atoms with Gasteiger partial charge in [0.2, 0.25) is 0 Å². The van der Waals surface area contributed by atoms with E-state index in [-0.39, 0.29) is 18.6 Å². The molecule has 21 heavy (non-hydrogen) atoms. The van der Waals surface area contributed by atoms with Gasteiger partial charge in [-0.1, -0.05) is 18.5 Å². The van der Waals surface area contributed by atoms with Crippen molar-refractivity contribution < 1.29 is 14.7 Å². The summed E-state index contributed by atoms with van der Waals surface area (Å²) in [4.78, 5) is 26.0. The van der Waals surface area contributed by atoms with Crippen LogP contribution >= 0.6 is 22.9 Å². The Labute approximate surface area is 132 Å². The standard InChI is InChI=1S/C14H19ClN2O3S/c1-2-10(11-5-6-12(15)21-11)16-14(20)17-7-3-4-9(8-17)13(18)19/h5-6,9-10H,2-4,7-8H2,1H3,(H,16,20)(H,18,19). The topological polar surface area (TPSA) is 69.6 Å². The molecule has 1 aromatic heterocycles. The summed E-state index contributed by atoms with van der Waals surface area (Å²) in [7, 11) is 0. The Morgan fingerprint density at radius 1 is 1.57 bits per heavy atom. The van der Waals surface area contributed by atoms with Crippen molar-refractivity contribution in [1.29, 1.82) is 0 Å². The molecule has 2 atom stereocenters. The van der Waals surface area contributed by atoms with E-state index in [1.54, 1.807) is 4.90 Å². The van der Waals surface area contributed by atoms with Crippen LogP contribution in [0.25, 0.3) is 0 Å². The Bertz CT molecular complexity index is 520. The van der Waals surface area contributed by atoms with Gasteiger partial charge >= 0.3 is 12.0 Å². The molecule has 1 aliphatic heterocycles. The molecule has 7 heteroatoms. The van der Waals surface area contributed by atoms with Crippen molar-refractivity contribution in [1.82, 2.24) is 10.2 Å². The fraction of sp³-hybridized carbons (Fsp3) is 0.571. The van der Waals surface area contributed by atoms with E-state index in [4.69, 9.17) is 16.7 Å². The Kier molecular flexibility index (Phi) is 5.47. The largest absolute Gasteiger partial charge is 0.481 e. The summed E-state index contributed by atoms with van der Waals surface area (Å²) < 4.78 is 0.696. The van der Waals surface area contributed by atoms with Crippen LogP contribution in [0.15, 0.2) is 12.1 Å². The van der Waals surface area contributed by atoms with Crippen LogP contribution in [-0.4, -0.2) is 35.1 Å². The number of nitrogens with zero attached hydrogens (tertiary/aromatic N) is 1. The fourth-order valence-electron chi connectivity index (χ4n) is 2.49. The molecule has 0 saturated carbocycles. The van der Waals surface area contributed by atoms with Crippen molar-refractivity contribution >= 4 is 34.9 Å². The zero-order valence-electron chi connectivity index (χ0n) is 11.8. The first-order valence-corrected chi connectivity index (χ1v) is 8.24. The first kappa shape index (κ1) is 16.1. The molecule has 1 saturated heterocycles. The summed E-state index contributed by atoms with van der Waals surface area (Å²) in [6, 6.07) is 3.45. The number of carboxylic acid groups (broad SMARTS) is 1. The molecule has 0 aromatic carbocycles. The second kappa shape index (κ2) is 7.13. The molecule has 0 aliphatic carbocycles. The number of carboxylic acids is 1. The monoisotopic (exact) mass is 330 g/mol. The number of halogens is 1. The first-order chi connectivity index (χ1) is 10.0. The van der Waals surface area contributed by atoms with Crippen molar-refractivity contribution in [3.05, 3.63) is 21.3 Å². The second-order valence-corrected chi connectivity index (χ2v) is 6.92. The Morgan fingerprint density at radius 2 is 2.33 bits per heavy atom. The van der Waals surface area contributed by atoms with Gasteiger partial charge in [-0.2, -0.15) is 0 Å². The average molecular weight is 331 g/mol. The lowest BCUT2D eigenvalue weighted by Crippen LogP contribution is -2.47. The lowest BCUT2D eigenvalue weighted by Gasteiger charge is -2.32. The van der Waals surface area contributed by atoms with Gasteiger partial charge < -0.3 is 15.3 Å². The Morgan fingerprint density at radius 3 is 2.90 bits per heavy atom. The third-order valence-electron chi connectivity index (χ3n) is 3.70. The highest BCUT2D eigenvalue weighted by Gasteiger charge is 2.29. The van der Waals surface area contributed by atoms with Crippen LogP contribution in [0, 0.1) is 5.92 Å². The zero-order chi connectivity index (χ0) is 15.4. The molecule has 0 spiro atoms. The van der Waals surface area contributed by atoms with Crippen LogP contribution in [0.5, 0.6) is 0 Å². The maximum absolute atomic E-state index is 12.3. The number of urea groups is 1. The quantitative estimate of drug-likeness (QED) is 0.889. The van der Waals surface area contributed by atoms with Gasteiger partial charge in [-0.15, -0.1) is 11.3 Å². The molecule has 0 bridgehead atoms. The minimum absolute atomic E-state index is 0.0831. The third kappa shape index (κ3) is 4.11. The highest BCUT2D eigenvalue weighted by Crippen LogP contribution is 2.29. The summed E-state index contributed by atoms with van der Waals surface area (Å²) in [6.45, 7) is 2.88. The lowest BCUT2D eigenvalue weighted by molar-refractivity contribution is -0.143. The number of hydrogen-bond acceptors (Lipinski definition) is 3. The van der Waals surface area contributed by atoms with Crippen molar-refractivity contribution in [2.24, 2.45) is 5.92 Å². The molecule has 2 rings (SSSR count). The Hall–Kier alpha value is -1.27. The van der Waals surface area contributed by atoms with Gasteiger partial charge in [0, 0.05) is 18.0 Å². The smallest absolute Gasteiger partial charge is 0.317 e. The van der Waals surface area contributed by atoms with E-state index in [0.717, 1.165) is 17.7 Å². The van der Waals surface area contributed by atoms with E-state index < -0.39 is 11.9 Å². The van der Waals surface area contributed by atoms with Gasteiger partial charge in [0.05, 0.1) is 16.3 Å². The van der Waals surface area contributed by atoms with Crippen molar-refractivity contribution in [2.45, 2.75) is 32.2 Å². The van der Waals surface area contributed by atoms with Crippen LogP contribution in [0.3, 0.4) is 0 Å². The maximum Gasteiger partial charge on any atom is 0.317 e. The summed E-state index contributed by atoms with van der Waals surface area (Å²) in [5, 5.41) is 12.0. The van der Waals surface area contributed by atoms with Crippen LogP contribution in [0.1, 0.15) is 37.1 Å². The predicted octanol–water partition coefficient (Wildman–Crippen LogP) is 3.36. The Balaban J connectivity index is 1.97. The SMILES string of the molecule is CCC(NC(=O)N1CCCC(C(=O)O)C1)c1ccc(Cl)s1. The van der Waals surface area contributed by atoms with Gasteiger partial charge in [-0.25, -0.2) is 4.79 Å². The summed E-state index contributed by atoms with van der Waals surface area (Å²) >= 11 is 7.38. The molecule has 1 aliphatic rings. The minimum atomic E-state index is -0.829. The molecular formula is C14H19ClN2O3S. The number of rotatable bonds is 4. The van der Waals surface area contributed by atoms with Gasteiger partial charge in [0.1, 0.15) is 0 Å². The number of aliphatic carboxylic acids is 1. The lowest BCUT2D eigenvalue weighted by atomic mass is 9.99. The van der Waals surface area contributed by atoms with Crippen molar-refractivity contribution in [3.63, 3.8) is 0 Å². The highest BCUT2D eigenvalue weighted by atomic mass is 35.5. The number of likely N-dealkylation sites (tertiary alicyclic amines) is 1. The number of amides is 2. The molecular weight excluding hydrogens is 312 g/mol. The van der Waals surface area contributed by atoms with Crippen molar-refractivity contribution in [3.8, 4) is 0 Å². The fourth-order valence-corrected chi connectivity index (χ4v) is 3.69. The van der Waals surface area contributed by atoms with E-state index >= 15 is 0 Å². The number of carbonyl (C=O) groups excluding carboxylic acids is 1. The molecule has 5 nitrogen and oxygen atoms in total.